The highest BCUT2D eigenvalue weighted by atomic mass is 16.2. The number of aromatic nitrogens is 2. The Morgan fingerprint density at radius 1 is 1.09 bits per heavy atom. The van der Waals surface area contributed by atoms with Gasteiger partial charge in [-0.2, -0.15) is 0 Å². The van der Waals surface area contributed by atoms with Gasteiger partial charge >= 0.3 is 5.69 Å². The molecular formula is C17H23N3O3. The Bertz CT molecular complexity index is 754. The molecule has 0 aliphatic heterocycles. The van der Waals surface area contributed by atoms with Crippen molar-refractivity contribution < 1.29 is 4.79 Å². The molecule has 5 rings (SSSR count). The lowest BCUT2D eigenvalue weighted by Gasteiger charge is -2.56. The molecule has 4 aliphatic rings. The molecule has 4 bridgehead atoms. The van der Waals surface area contributed by atoms with E-state index in [9.17, 15) is 14.4 Å². The maximum absolute atomic E-state index is 12.7. The summed E-state index contributed by atoms with van der Waals surface area (Å²) in [5, 5.41) is 3.19. The molecule has 23 heavy (non-hydrogen) atoms. The SMILES string of the molecule is Cn1cc(C(=O)NC23CC4CC(CC(C4)C2)C3)c(=O)n(C)c1=O. The standard InChI is InChI=1S/C17H23N3O3/c1-19-9-13(15(22)20(2)16(19)23)14(21)18-17-6-10-3-11(7-17)5-12(4-10)8-17/h9-12H,3-8H2,1-2H3,(H,18,21). The lowest BCUT2D eigenvalue weighted by molar-refractivity contribution is -0.0167. The van der Waals surface area contributed by atoms with Crippen LogP contribution in [-0.4, -0.2) is 20.6 Å². The molecule has 1 amide bonds. The van der Waals surface area contributed by atoms with Gasteiger partial charge in [-0.3, -0.25) is 14.2 Å². The Morgan fingerprint density at radius 3 is 2.13 bits per heavy atom. The summed E-state index contributed by atoms with van der Waals surface area (Å²) in [5.41, 5.74) is -1.01. The molecule has 4 saturated carbocycles. The third kappa shape index (κ3) is 2.26. The Kier molecular flexibility index (Phi) is 3.09. The van der Waals surface area contributed by atoms with Crippen molar-refractivity contribution in [3.63, 3.8) is 0 Å². The number of nitrogens with zero attached hydrogens (tertiary/aromatic N) is 2. The Hall–Kier alpha value is -1.85. The summed E-state index contributed by atoms with van der Waals surface area (Å²) < 4.78 is 2.28. The minimum atomic E-state index is -0.518. The molecule has 0 atom stereocenters. The zero-order valence-corrected chi connectivity index (χ0v) is 13.7. The second-order valence-corrected chi connectivity index (χ2v) is 7.95. The Labute approximate surface area is 134 Å². The van der Waals surface area contributed by atoms with Crippen LogP contribution in [0.1, 0.15) is 48.9 Å². The molecular weight excluding hydrogens is 294 g/mol. The van der Waals surface area contributed by atoms with Crippen molar-refractivity contribution in [1.82, 2.24) is 14.5 Å². The van der Waals surface area contributed by atoms with Gasteiger partial charge in [-0.05, 0) is 56.3 Å². The minimum absolute atomic E-state index is 0.0605. The summed E-state index contributed by atoms with van der Waals surface area (Å²) in [7, 11) is 2.97. The number of hydrogen-bond acceptors (Lipinski definition) is 3. The van der Waals surface area contributed by atoms with Crippen LogP contribution < -0.4 is 16.6 Å². The largest absolute Gasteiger partial charge is 0.346 e. The van der Waals surface area contributed by atoms with Crippen molar-refractivity contribution in [2.45, 2.75) is 44.1 Å². The van der Waals surface area contributed by atoms with E-state index in [1.165, 1.54) is 37.1 Å². The number of carbonyl (C=O) groups is 1. The lowest BCUT2D eigenvalue weighted by Crippen LogP contribution is -2.60. The van der Waals surface area contributed by atoms with Crippen LogP contribution in [-0.2, 0) is 14.1 Å². The lowest BCUT2D eigenvalue weighted by atomic mass is 9.53. The smallest absolute Gasteiger partial charge is 0.330 e. The summed E-state index contributed by atoms with van der Waals surface area (Å²) in [6.45, 7) is 0. The quantitative estimate of drug-likeness (QED) is 0.876. The van der Waals surface area contributed by atoms with Crippen molar-refractivity contribution in [2.75, 3.05) is 0 Å². The molecule has 6 nitrogen and oxygen atoms in total. The van der Waals surface area contributed by atoms with Crippen LogP contribution in [0.15, 0.2) is 15.8 Å². The maximum Gasteiger partial charge on any atom is 0.330 e. The van der Waals surface area contributed by atoms with E-state index in [0.717, 1.165) is 41.6 Å². The number of nitrogens with one attached hydrogen (secondary N) is 1. The molecule has 4 aliphatic carbocycles. The highest BCUT2D eigenvalue weighted by molar-refractivity contribution is 5.94. The van der Waals surface area contributed by atoms with Crippen molar-refractivity contribution in [1.29, 1.82) is 0 Å². The van der Waals surface area contributed by atoms with Crippen LogP contribution in [0.2, 0.25) is 0 Å². The first-order valence-corrected chi connectivity index (χ1v) is 8.46. The zero-order chi connectivity index (χ0) is 16.4. The van der Waals surface area contributed by atoms with Crippen LogP contribution >= 0.6 is 0 Å². The number of rotatable bonds is 2. The number of aryl methyl sites for hydroxylation is 1. The molecule has 124 valence electrons. The normalized spacial score (nSPS) is 34.6. The maximum atomic E-state index is 12.7. The molecule has 1 N–H and O–H groups in total. The highest BCUT2D eigenvalue weighted by Gasteiger charge is 2.51. The fraction of sp³-hybridized carbons (Fsp3) is 0.706. The number of carbonyl (C=O) groups excluding carboxylic acids is 1. The molecule has 1 aromatic rings. The molecule has 0 spiro atoms. The van der Waals surface area contributed by atoms with E-state index in [2.05, 4.69) is 5.32 Å². The zero-order valence-electron chi connectivity index (χ0n) is 13.7. The van der Waals surface area contributed by atoms with E-state index in [4.69, 9.17) is 0 Å². The number of amides is 1. The van der Waals surface area contributed by atoms with E-state index in [1.807, 2.05) is 0 Å². The van der Waals surface area contributed by atoms with Crippen molar-refractivity contribution in [2.24, 2.45) is 31.8 Å². The topological polar surface area (TPSA) is 73.1 Å². The first-order valence-electron chi connectivity index (χ1n) is 8.46. The molecule has 0 saturated heterocycles. The second kappa shape index (κ2) is 4.82. The van der Waals surface area contributed by atoms with Gasteiger partial charge in [0, 0.05) is 25.8 Å². The van der Waals surface area contributed by atoms with Crippen LogP contribution in [0.3, 0.4) is 0 Å². The van der Waals surface area contributed by atoms with E-state index in [-0.39, 0.29) is 17.0 Å². The van der Waals surface area contributed by atoms with E-state index < -0.39 is 11.2 Å². The summed E-state index contributed by atoms with van der Waals surface area (Å²) in [5.74, 6) is 1.85. The Morgan fingerprint density at radius 2 is 1.61 bits per heavy atom. The predicted octanol–water partition coefficient (Wildman–Crippen LogP) is 0.783. The molecule has 1 heterocycles. The third-order valence-corrected chi connectivity index (χ3v) is 6.11. The van der Waals surface area contributed by atoms with Gasteiger partial charge in [-0.1, -0.05) is 0 Å². The van der Waals surface area contributed by atoms with E-state index in [0.29, 0.717) is 0 Å². The van der Waals surface area contributed by atoms with Crippen LogP contribution in [0.4, 0.5) is 0 Å². The average Bonchev–Trinajstić information content (AvgIpc) is 2.46. The van der Waals surface area contributed by atoms with Crippen LogP contribution in [0, 0.1) is 17.8 Å². The van der Waals surface area contributed by atoms with Crippen LogP contribution in [0.5, 0.6) is 0 Å². The average molecular weight is 317 g/mol. The molecule has 4 fully saturated rings. The van der Waals surface area contributed by atoms with Gasteiger partial charge in [-0.15, -0.1) is 0 Å². The fourth-order valence-corrected chi connectivity index (χ4v) is 5.54. The van der Waals surface area contributed by atoms with Gasteiger partial charge in [-0.25, -0.2) is 4.79 Å². The second-order valence-electron chi connectivity index (χ2n) is 7.95. The highest BCUT2D eigenvalue weighted by Crippen LogP contribution is 2.55. The van der Waals surface area contributed by atoms with Gasteiger partial charge < -0.3 is 9.88 Å². The van der Waals surface area contributed by atoms with Crippen molar-refractivity contribution in [3.8, 4) is 0 Å². The van der Waals surface area contributed by atoms with Crippen molar-refractivity contribution in [3.05, 3.63) is 32.6 Å². The van der Waals surface area contributed by atoms with E-state index >= 15 is 0 Å². The van der Waals surface area contributed by atoms with Gasteiger partial charge in [0.05, 0.1) is 0 Å². The fourth-order valence-electron chi connectivity index (χ4n) is 5.54. The first-order chi connectivity index (χ1) is 10.9. The van der Waals surface area contributed by atoms with Crippen LogP contribution in [0.25, 0.3) is 0 Å². The van der Waals surface area contributed by atoms with Crippen molar-refractivity contribution >= 4 is 5.91 Å². The minimum Gasteiger partial charge on any atom is -0.346 e. The first kappa shape index (κ1) is 14.7. The molecule has 1 aromatic heterocycles. The molecule has 6 heteroatoms. The molecule has 0 radical (unpaired) electrons. The number of hydrogen-bond donors (Lipinski definition) is 1. The predicted molar refractivity (Wildman–Crippen MR) is 85.3 cm³/mol. The summed E-state index contributed by atoms with van der Waals surface area (Å²) in [6, 6.07) is 0. The summed E-state index contributed by atoms with van der Waals surface area (Å²) >= 11 is 0. The monoisotopic (exact) mass is 317 g/mol. The van der Waals surface area contributed by atoms with Gasteiger partial charge in [0.25, 0.3) is 11.5 Å². The summed E-state index contributed by atoms with van der Waals surface area (Å²) in [4.78, 5) is 36.8. The van der Waals surface area contributed by atoms with Gasteiger partial charge in [0.2, 0.25) is 0 Å². The molecule has 0 unspecified atom stereocenters. The van der Waals surface area contributed by atoms with E-state index in [1.54, 1.807) is 7.05 Å². The Balaban J connectivity index is 1.64. The van der Waals surface area contributed by atoms with Gasteiger partial charge in [0.15, 0.2) is 0 Å². The third-order valence-electron chi connectivity index (χ3n) is 6.11. The summed E-state index contributed by atoms with van der Waals surface area (Å²) in [6.07, 6.45) is 8.38. The molecule has 0 aromatic carbocycles. The van der Waals surface area contributed by atoms with Gasteiger partial charge in [0.1, 0.15) is 5.56 Å².